The lowest BCUT2D eigenvalue weighted by molar-refractivity contribution is -0.121. The molecule has 0 saturated carbocycles. The third kappa shape index (κ3) is 5.66. The summed E-state index contributed by atoms with van der Waals surface area (Å²) in [5.74, 6) is 0.680. The molecular formula is C27H28N4O2. The van der Waals surface area contributed by atoms with Crippen LogP contribution in [0.3, 0.4) is 0 Å². The van der Waals surface area contributed by atoms with E-state index in [0.29, 0.717) is 12.1 Å². The van der Waals surface area contributed by atoms with Gasteiger partial charge < -0.3 is 15.2 Å². The van der Waals surface area contributed by atoms with Crippen LogP contribution >= 0.6 is 0 Å². The summed E-state index contributed by atoms with van der Waals surface area (Å²) in [5, 5.41) is 6.01. The lowest BCUT2D eigenvalue weighted by Crippen LogP contribution is -2.34. The zero-order valence-corrected chi connectivity index (χ0v) is 18.7. The van der Waals surface area contributed by atoms with Gasteiger partial charge in [0.25, 0.3) is 5.91 Å². The first-order valence-corrected chi connectivity index (χ1v) is 11.2. The predicted octanol–water partition coefficient (Wildman–Crippen LogP) is 4.41. The van der Waals surface area contributed by atoms with Gasteiger partial charge in [-0.3, -0.25) is 9.59 Å². The number of amides is 2. The third-order valence-electron chi connectivity index (χ3n) is 5.66. The van der Waals surface area contributed by atoms with Gasteiger partial charge in [0.1, 0.15) is 5.82 Å². The van der Waals surface area contributed by atoms with Crippen LogP contribution in [0, 0.1) is 6.92 Å². The number of hydrogen-bond donors (Lipinski definition) is 2. The molecule has 2 amide bonds. The summed E-state index contributed by atoms with van der Waals surface area (Å²) in [6.45, 7) is 3.33. The maximum Gasteiger partial charge on any atom is 0.251 e. The second-order valence-electron chi connectivity index (χ2n) is 8.01. The number of fused-ring (bicyclic) bond motifs is 1. The molecule has 1 heterocycles. The van der Waals surface area contributed by atoms with Gasteiger partial charge in [0.05, 0.1) is 23.5 Å². The van der Waals surface area contributed by atoms with Crippen LogP contribution in [-0.2, 0) is 11.3 Å². The van der Waals surface area contributed by atoms with Gasteiger partial charge in [-0.05, 0) is 43.2 Å². The van der Waals surface area contributed by atoms with E-state index >= 15 is 0 Å². The molecule has 0 aliphatic heterocycles. The van der Waals surface area contributed by atoms with Crippen molar-refractivity contribution in [3.05, 3.63) is 102 Å². The Morgan fingerprint density at radius 3 is 2.33 bits per heavy atom. The summed E-state index contributed by atoms with van der Waals surface area (Å²) in [4.78, 5) is 30.0. The van der Waals surface area contributed by atoms with Crippen molar-refractivity contribution in [2.75, 3.05) is 6.54 Å². The summed E-state index contributed by atoms with van der Waals surface area (Å²) < 4.78 is 2.17. The van der Waals surface area contributed by atoms with Gasteiger partial charge in [0, 0.05) is 18.7 Å². The molecule has 33 heavy (non-hydrogen) atoms. The maximum absolute atomic E-state index is 12.7. The van der Waals surface area contributed by atoms with E-state index in [1.54, 1.807) is 12.1 Å². The number of nitrogens with one attached hydrogen (secondary N) is 2. The van der Waals surface area contributed by atoms with E-state index < -0.39 is 6.04 Å². The third-order valence-corrected chi connectivity index (χ3v) is 5.66. The van der Waals surface area contributed by atoms with Crippen LogP contribution in [0.5, 0.6) is 0 Å². The standard InChI is InChI=1S/C27H28N4O2/c1-20-29-23-15-8-9-16-25(23)31(20)18-10-17-28-26(32)19-24(21-11-4-2-5-12-21)30-27(33)22-13-6-3-7-14-22/h2-9,11-16,24H,10,17-19H2,1H3,(H,28,32)(H,30,33). The van der Waals surface area contributed by atoms with Crippen molar-refractivity contribution in [2.24, 2.45) is 0 Å². The number of benzene rings is 3. The first-order valence-electron chi connectivity index (χ1n) is 11.2. The van der Waals surface area contributed by atoms with Crippen LogP contribution in [-0.4, -0.2) is 27.9 Å². The van der Waals surface area contributed by atoms with E-state index in [4.69, 9.17) is 0 Å². The summed E-state index contributed by atoms with van der Waals surface area (Å²) in [6, 6.07) is 26.3. The Hall–Kier alpha value is -3.93. The summed E-state index contributed by atoms with van der Waals surface area (Å²) in [6.07, 6.45) is 0.967. The second-order valence-corrected chi connectivity index (χ2v) is 8.01. The first kappa shape index (κ1) is 22.3. The number of hydrogen-bond acceptors (Lipinski definition) is 3. The number of aromatic nitrogens is 2. The molecule has 3 aromatic carbocycles. The molecule has 6 nitrogen and oxygen atoms in total. The smallest absolute Gasteiger partial charge is 0.251 e. The van der Waals surface area contributed by atoms with E-state index in [9.17, 15) is 9.59 Å². The summed E-state index contributed by atoms with van der Waals surface area (Å²) >= 11 is 0. The molecule has 0 aliphatic rings. The average molecular weight is 441 g/mol. The van der Waals surface area contributed by atoms with Crippen molar-refractivity contribution in [1.82, 2.24) is 20.2 Å². The number of carbonyl (C=O) groups excluding carboxylic acids is 2. The zero-order chi connectivity index (χ0) is 23.0. The van der Waals surface area contributed by atoms with Crippen LogP contribution in [0.1, 0.15) is 40.6 Å². The fourth-order valence-corrected chi connectivity index (χ4v) is 3.97. The molecule has 0 spiro atoms. The Balaban J connectivity index is 1.34. The number of nitrogens with zero attached hydrogens (tertiary/aromatic N) is 2. The van der Waals surface area contributed by atoms with Gasteiger partial charge in [-0.25, -0.2) is 4.98 Å². The van der Waals surface area contributed by atoms with Gasteiger partial charge in [-0.2, -0.15) is 0 Å². The Morgan fingerprint density at radius 1 is 0.909 bits per heavy atom. The monoisotopic (exact) mass is 440 g/mol. The van der Waals surface area contributed by atoms with Crippen LogP contribution in [0.15, 0.2) is 84.9 Å². The maximum atomic E-state index is 12.7. The molecule has 0 saturated heterocycles. The fraction of sp³-hybridized carbons (Fsp3) is 0.222. The van der Waals surface area contributed by atoms with Crippen LogP contribution in [0.2, 0.25) is 0 Å². The van der Waals surface area contributed by atoms with E-state index in [-0.39, 0.29) is 18.2 Å². The molecular weight excluding hydrogens is 412 g/mol. The van der Waals surface area contributed by atoms with Crippen molar-refractivity contribution in [2.45, 2.75) is 32.4 Å². The topological polar surface area (TPSA) is 76.0 Å². The van der Waals surface area contributed by atoms with Crippen LogP contribution in [0.25, 0.3) is 11.0 Å². The van der Waals surface area contributed by atoms with E-state index in [2.05, 4.69) is 26.3 Å². The molecule has 2 N–H and O–H groups in total. The Kier molecular flexibility index (Phi) is 7.15. The minimum absolute atomic E-state index is 0.0931. The van der Waals surface area contributed by atoms with Crippen molar-refractivity contribution >= 4 is 22.8 Å². The highest BCUT2D eigenvalue weighted by atomic mass is 16.2. The fourth-order valence-electron chi connectivity index (χ4n) is 3.97. The SMILES string of the molecule is Cc1nc2ccccc2n1CCCNC(=O)CC(NC(=O)c1ccccc1)c1ccccc1. The Bertz CT molecular complexity index is 1220. The molecule has 4 aromatic rings. The molecule has 1 aromatic heterocycles. The normalized spacial score (nSPS) is 11.8. The number of para-hydroxylation sites is 2. The molecule has 0 bridgehead atoms. The lowest BCUT2D eigenvalue weighted by Gasteiger charge is -2.19. The number of imidazole rings is 1. The Morgan fingerprint density at radius 2 is 1.58 bits per heavy atom. The number of rotatable bonds is 9. The average Bonchev–Trinajstić information content (AvgIpc) is 3.17. The molecule has 6 heteroatoms. The van der Waals surface area contributed by atoms with Crippen molar-refractivity contribution < 1.29 is 9.59 Å². The van der Waals surface area contributed by atoms with Gasteiger partial charge in [0.2, 0.25) is 5.91 Å². The zero-order valence-electron chi connectivity index (χ0n) is 18.7. The van der Waals surface area contributed by atoms with Crippen molar-refractivity contribution in [1.29, 1.82) is 0 Å². The van der Waals surface area contributed by atoms with Crippen LogP contribution < -0.4 is 10.6 Å². The highest BCUT2D eigenvalue weighted by Crippen LogP contribution is 2.18. The minimum atomic E-state index is -0.404. The molecule has 0 aliphatic carbocycles. The summed E-state index contributed by atoms with van der Waals surface area (Å²) in [5.41, 5.74) is 3.56. The van der Waals surface area contributed by atoms with Crippen molar-refractivity contribution in [3.8, 4) is 0 Å². The van der Waals surface area contributed by atoms with Crippen LogP contribution in [0.4, 0.5) is 0 Å². The van der Waals surface area contributed by atoms with E-state index in [1.165, 1.54) is 0 Å². The quantitative estimate of drug-likeness (QED) is 0.379. The van der Waals surface area contributed by atoms with Gasteiger partial charge in [-0.1, -0.05) is 60.7 Å². The number of aryl methyl sites for hydroxylation is 2. The van der Waals surface area contributed by atoms with Gasteiger partial charge >= 0.3 is 0 Å². The molecule has 168 valence electrons. The largest absolute Gasteiger partial charge is 0.356 e. The van der Waals surface area contributed by atoms with E-state index in [1.807, 2.05) is 73.7 Å². The summed E-state index contributed by atoms with van der Waals surface area (Å²) in [7, 11) is 0. The first-order chi connectivity index (χ1) is 16.1. The Labute approximate surface area is 193 Å². The highest BCUT2D eigenvalue weighted by molar-refractivity contribution is 5.94. The molecule has 1 atom stereocenters. The van der Waals surface area contributed by atoms with Crippen molar-refractivity contribution in [3.63, 3.8) is 0 Å². The highest BCUT2D eigenvalue weighted by Gasteiger charge is 2.19. The van der Waals surface area contributed by atoms with Gasteiger partial charge in [0.15, 0.2) is 0 Å². The molecule has 1 unspecified atom stereocenters. The number of carbonyl (C=O) groups is 2. The molecule has 4 rings (SSSR count). The second kappa shape index (κ2) is 10.6. The molecule has 0 fully saturated rings. The predicted molar refractivity (Wildman–Crippen MR) is 130 cm³/mol. The van der Waals surface area contributed by atoms with E-state index in [0.717, 1.165) is 35.4 Å². The lowest BCUT2D eigenvalue weighted by atomic mass is 10.0. The minimum Gasteiger partial charge on any atom is -0.356 e. The van der Waals surface area contributed by atoms with Gasteiger partial charge in [-0.15, -0.1) is 0 Å². The molecule has 0 radical (unpaired) electrons.